The number of nitro groups is 1. The van der Waals surface area contributed by atoms with E-state index in [4.69, 9.17) is 22.1 Å². The summed E-state index contributed by atoms with van der Waals surface area (Å²) in [4.78, 5) is 26.1. The van der Waals surface area contributed by atoms with E-state index in [0.29, 0.717) is 40.4 Å². The Kier molecular flexibility index (Phi) is 7.52. The van der Waals surface area contributed by atoms with E-state index >= 15 is 0 Å². The molecule has 3 aromatic rings. The molecule has 0 saturated heterocycles. The first-order chi connectivity index (χ1) is 19.6. The molecule has 1 atom stereocenters. The van der Waals surface area contributed by atoms with Gasteiger partial charge in [-0.3, -0.25) is 19.8 Å². The average molecular weight is 573 g/mol. The molecule has 41 heavy (non-hydrogen) atoms. The van der Waals surface area contributed by atoms with Gasteiger partial charge in [0.25, 0.3) is 5.69 Å². The third-order valence-corrected chi connectivity index (χ3v) is 7.86. The SMILES string of the molecule is Cc1cc(C)c(C2C(C#N)=C(N)N(c3ccc(F)cc3[N+](=O)[O-])C3=C2C(=O)CCC3)cc1COc1ccccc1Cl. The Bertz CT molecular complexity index is 1710. The molecule has 5 rings (SSSR count). The zero-order valence-electron chi connectivity index (χ0n) is 22.4. The highest BCUT2D eigenvalue weighted by Gasteiger charge is 2.42. The van der Waals surface area contributed by atoms with Crippen molar-refractivity contribution in [2.75, 3.05) is 4.90 Å². The summed E-state index contributed by atoms with van der Waals surface area (Å²) < 4.78 is 20.0. The summed E-state index contributed by atoms with van der Waals surface area (Å²) in [7, 11) is 0. The average Bonchev–Trinajstić information content (AvgIpc) is 2.93. The second-order valence-electron chi connectivity index (χ2n) is 10.1. The molecule has 2 aliphatic rings. The van der Waals surface area contributed by atoms with Crippen molar-refractivity contribution in [3.63, 3.8) is 0 Å². The van der Waals surface area contributed by atoms with Crippen LogP contribution in [0.3, 0.4) is 0 Å². The number of ether oxygens (including phenoxy) is 1. The number of benzene rings is 3. The van der Waals surface area contributed by atoms with E-state index in [1.165, 1.54) is 11.0 Å². The highest BCUT2D eigenvalue weighted by molar-refractivity contribution is 6.32. The maximum absolute atomic E-state index is 14.0. The van der Waals surface area contributed by atoms with Crippen LogP contribution < -0.4 is 15.4 Å². The lowest BCUT2D eigenvalue weighted by molar-refractivity contribution is -0.384. The van der Waals surface area contributed by atoms with Crippen LogP contribution in [0.1, 0.15) is 47.4 Å². The third kappa shape index (κ3) is 5.03. The van der Waals surface area contributed by atoms with Gasteiger partial charge in [0.2, 0.25) is 0 Å². The minimum Gasteiger partial charge on any atom is -0.487 e. The fourth-order valence-corrected chi connectivity index (χ4v) is 5.79. The van der Waals surface area contributed by atoms with Crippen LogP contribution in [-0.4, -0.2) is 10.7 Å². The number of para-hydroxylation sites is 1. The van der Waals surface area contributed by atoms with Gasteiger partial charge in [0.1, 0.15) is 29.7 Å². The number of anilines is 1. The number of Topliss-reactive ketones (excluding diaryl/α,β-unsaturated/α-hetero) is 1. The fourth-order valence-electron chi connectivity index (χ4n) is 5.60. The Morgan fingerprint density at radius 2 is 1.93 bits per heavy atom. The number of nitrogens with two attached hydrogens (primary N) is 1. The van der Waals surface area contributed by atoms with Gasteiger partial charge < -0.3 is 10.5 Å². The smallest absolute Gasteiger partial charge is 0.296 e. The van der Waals surface area contributed by atoms with Gasteiger partial charge in [-0.15, -0.1) is 0 Å². The van der Waals surface area contributed by atoms with Crippen molar-refractivity contribution < 1.29 is 18.8 Å². The molecule has 0 radical (unpaired) electrons. The molecule has 0 bridgehead atoms. The van der Waals surface area contributed by atoms with E-state index in [-0.39, 0.29) is 35.9 Å². The summed E-state index contributed by atoms with van der Waals surface area (Å²) >= 11 is 6.27. The number of hydrogen-bond donors (Lipinski definition) is 1. The number of nitriles is 1. The molecule has 3 aromatic carbocycles. The number of rotatable bonds is 6. The molecule has 0 amide bonds. The first-order valence-electron chi connectivity index (χ1n) is 13.0. The van der Waals surface area contributed by atoms with Gasteiger partial charge in [0.05, 0.1) is 33.6 Å². The quantitative estimate of drug-likeness (QED) is 0.252. The molecular weight excluding hydrogens is 547 g/mol. The number of nitrogens with zero attached hydrogens (tertiary/aromatic N) is 3. The van der Waals surface area contributed by atoms with Crippen molar-refractivity contribution in [2.24, 2.45) is 5.73 Å². The van der Waals surface area contributed by atoms with E-state index in [0.717, 1.165) is 28.8 Å². The van der Waals surface area contributed by atoms with Gasteiger partial charge in [0, 0.05) is 17.7 Å². The predicted molar refractivity (Wildman–Crippen MR) is 153 cm³/mol. The lowest BCUT2D eigenvalue weighted by atomic mass is 9.74. The van der Waals surface area contributed by atoms with E-state index in [2.05, 4.69) is 6.07 Å². The maximum Gasteiger partial charge on any atom is 0.296 e. The molecule has 0 aromatic heterocycles. The van der Waals surface area contributed by atoms with Crippen LogP contribution in [0, 0.1) is 41.1 Å². The van der Waals surface area contributed by atoms with Crippen LogP contribution in [0.15, 0.2) is 77.3 Å². The fraction of sp³-hybridized carbons (Fsp3) is 0.226. The first-order valence-corrected chi connectivity index (χ1v) is 13.4. The number of allylic oxidation sites excluding steroid dienone is 3. The highest BCUT2D eigenvalue weighted by Crippen LogP contribution is 2.48. The second kappa shape index (κ2) is 11.1. The van der Waals surface area contributed by atoms with Crippen LogP contribution in [0.2, 0.25) is 5.02 Å². The van der Waals surface area contributed by atoms with E-state index in [1.807, 2.05) is 38.1 Å². The summed E-state index contributed by atoms with van der Waals surface area (Å²) in [6, 6.07) is 16.3. The standard InChI is InChI=1S/C31H26ClFN4O4/c1-17-12-18(2)21(13-19(17)16-41-28-9-4-3-6-23(28)32)29-22(15-34)31(35)36(25-7-5-8-27(38)30(25)29)24-11-10-20(33)14-26(24)37(39)40/h3-4,6,9-14,29H,5,7-8,16,35H2,1-2H3. The summed E-state index contributed by atoms with van der Waals surface area (Å²) in [5, 5.41) is 22.7. The van der Waals surface area contributed by atoms with Crippen molar-refractivity contribution in [1.82, 2.24) is 0 Å². The maximum atomic E-state index is 14.0. The molecular formula is C31H26ClFN4O4. The minimum absolute atomic E-state index is 0.00300. The van der Waals surface area contributed by atoms with Crippen LogP contribution in [0.4, 0.5) is 15.8 Å². The van der Waals surface area contributed by atoms with Crippen LogP contribution in [-0.2, 0) is 11.4 Å². The van der Waals surface area contributed by atoms with Crippen molar-refractivity contribution in [1.29, 1.82) is 5.26 Å². The van der Waals surface area contributed by atoms with Gasteiger partial charge in [-0.05, 0) is 73.2 Å². The van der Waals surface area contributed by atoms with Crippen LogP contribution in [0.25, 0.3) is 0 Å². The molecule has 208 valence electrons. The Labute approximate surface area is 241 Å². The molecule has 1 aliphatic carbocycles. The first kappa shape index (κ1) is 27.9. The van der Waals surface area contributed by atoms with E-state index in [1.54, 1.807) is 12.1 Å². The normalized spacial score (nSPS) is 16.9. The summed E-state index contributed by atoms with van der Waals surface area (Å²) in [6.07, 6.45) is 1.18. The van der Waals surface area contributed by atoms with Gasteiger partial charge >= 0.3 is 0 Å². The largest absolute Gasteiger partial charge is 0.487 e. The highest BCUT2D eigenvalue weighted by atomic mass is 35.5. The molecule has 8 nitrogen and oxygen atoms in total. The molecule has 10 heteroatoms. The second-order valence-corrected chi connectivity index (χ2v) is 10.5. The molecule has 1 aliphatic heterocycles. The Morgan fingerprint density at radius 1 is 1.17 bits per heavy atom. The molecule has 0 fully saturated rings. The Hall–Kier alpha value is -4.68. The molecule has 0 spiro atoms. The molecule has 0 saturated carbocycles. The van der Waals surface area contributed by atoms with Crippen molar-refractivity contribution in [2.45, 2.75) is 45.6 Å². The molecule has 1 unspecified atom stereocenters. The number of carbonyl (C=O) groups is 1. The monoisotopic (exact) mass is 572 g/mol. The number of ketones is 1. The number of hydrogen-bond acceptors (Lipinski definition) is 7. The summed E-state index contributed by atoms with van der Waals surface area (Å²) in [5.41, 5.74) is 10.4. The van der Waals surface area contributed by atoms with Crippen LogP contribution in [0.5, 0.6) is 5.75 Å². The predicted octanol–water partition coefficient (Wildman–Crippen LogP) is 6.89. The lowest BCUT2D eigenvalue weighted by Crippen LogP contribution is -2.39. The Balaban J connectivity index is 1.67. The van der Waals surface area contributed by atoms with Crippen molar-refractivity contribution in [3.05, 3.63) is 120 Å². The zero-order valence-corrected chi connectivity index (χ0v) is 23.2. The Morgan fingerprint density at radius 3 is 2.63 bits per heavy atom. The van der Waals surface area contributed by atoms with Gasteiger partial charge in [-0.25, -0.2) is 4.39 Å². The van der Waals surface area contributed by atoms with Crippen LogP contribution >= 0.6 is 11.6 Å². The molecule has 2 N–H and O–H groups in total. The van der Waals surface area contributed by atoms with E-state index < -0.39 is 22.3 Å². The number of halogens is 2. The molecule has 1 heterocycles. The number of carbonyl (C=O) groups excluding carboxylic acids is 1. The minimum atomic E-state index is -0.783. The summed E-state index contributed by atoms with van der Waals surface area (Å²) in [6.45, 7) is 4.05. The number of nitro benzene ring substituents is 1. The van der Waals surface area contributed by atoms with E-state index in [9.17, 15) is 24.6 Å². The van der Waals surface area contributed by atoms with Crippen molar-refractivity contribution in [3.8, 4) is 11.8 Å². The van der Waals surface area contributed by atoms with Gasteiger partial charge in [-0.1, -0.05) is 35.9 Å². The third-order valence-electron chi connectivity index (χ3n) is 7.54. The zero-order chi connectivity index (χ0) is 29.4. The number of aryl methyl sites for hydroxylation is 2. The lowest BCUT2D eigenvalue weighted by Gasteiger charge is -2.39. The van der Waals surface area contributed by atoms with Gasteiger partial charge in [0.15, 0.2) is 5.78 Å². The van der Waals surface area contributed by atoms with Crippen molar-refractivity contribution >= 4 is 28.8 Å². The topological polar surface area (TPSA) is 122 Å². The summed E-state index contributed by atoms with van der Waals surface area (Å²) in [5.74, 6) is -1.24. The van der Waals surface area contributed by atoms with Gasteiger partial charge in [-0.2, -0.15) is 5.26 Å².